The normalized spacial score (nSPS) is 29.1. The first-order chi connectivity index (χ1) is 9.15. The Kier molecular flexibility index (Phi) is 3.56. The number of hydrazine groups is 1. The van der Waals surface area contributed by atoms with Gasteiger partial charge in [0.2, 0.25) is 0 Å². The van der Waals surface area contributed by atoms with E-state index in [1.165, 1.54) is 5.56 Å². The molecule has 0 aliphatic carbocycles. The van der Waals surface area contributed by atoms with E-state index in [-0.39, 0.29) is 0 Å². The predicted molar refractivity (Wildman–Crippen MR) is 77.8 cm³/mol. The van der Waals surface area contributed by atoms with Gasteiger partial charge in [0, 0.05) is 41.6 Å². The summed E-state index contributed by atoms with van der Waals surface area (Å²) in [4.78, 5) is 0. The Morgan fingerprint density at radius 2 is 2.05 bits per heavy atom. The topological polar surface area (TPSA) is 45.3 Å². The number of fused-ring (bicyclic) bond motifs is 1. The van der Waals surface area contributed by atoms with Crippen molar-refractivity contribution in [3.8, 4) is 5.75 Å². The molecule has 2 aliphatic heterocycles. The summed E-state index contributed by atoms with van der Waals surface area (Å²) in [6.07, 6.45) is 0.948. The zero-order valence-corrected chi connectivity index (χ0v) is 12.1. The minimum atomic E-state index is 0.454. The largest absolute Gasteiger partial charge is 0.491 e. The van der Waals surface area contributed by atoms with Crippen molar-refractivity contribution in [3.63, 3.8) is 0 Å². The number of nitrogens with one attached hydrogen (secondary N) is 3. The van der Waals surface area contributed by atoms with Crippen LogP contribution in [0, 0.1) is 5.92 Å². The maximum absolute atomic E-state index is 6.16. The Morgan fingerprint density at radius 3 is 2.79 bits per heavy atom. The summed E-state index contributed by atoms with van der Waals surface area (Å²) in [7, 11) is 0. The zero-order chi connectivity index (χ0) is 13.4. The van der Waals surface area contributed by atoms with Crippen LogP contribution in [0.25, 0.3) is 0 Å². The van der Waals surface area contributed by atoms with E-state index in [0.29, 0.717) is 18.0 Å². The molecule has 2 aliphatic rings. The lowest BCUT2D eigenvalue weighted by atomic mass is 9.96. The molecule has 1 fully saturated rings. The fourth-order valence-corrected chi connectivity index (χ4v) is 3.13. The Morgan fingerprint density at radius 1 is 1.32 bits per heavy atom. The highest BCUT2D eigenvalue weighted by Gasteiger charge is 2.29. The molecule has 2 unspecified atom stereocenters. The van der Waals surface area contributed by atoms with Gasteiger partial charge in [-0.05, 0) is 26.0 Å². The highest BCUT2D eigenvalue weighted by atomic mass is 35.5. The van der Waals surface area contributed by atoms with E-state index in [1.807, 2.05) is 12.1 Å². The molecule has 0 spiro atoms. The standard InChI is InChI=1S/C14H20ClN3O/c1-8-12(9(2)18-17-8)7-16-13-6-11(15)5-10-3-4-19-14(10)13/h5-6,8-9,12,16-18H,3-4,7H2,1-2H3. The van der Waals surface area contributed by atoms with Crippen LogP contribution in [0.1, 0.15) is 19.4 Å². The second-order valence-electron chi connectivity index (χ2n) is 5.45. The average Bonchev–Trinajstić information content (AvgIpc) is 2.95. The molecule has 1 saturated heterocycles. The van der Waals surface area contributed by atoms with Crippen molar-refractivity contribution in [1.82, 2.24) is 10.9 Å². The van der Waals surface area contributed by atoms with Crippen LogP contribution < -0.4 is 20.9 Å². The van der Waals surface area contributed by atoms with Crippen molar-refractivity contribution in [3.05, 3.63) is 22.7 Å². The van der Waals surface area contributed by atoms with Gasteiger partial charge < -0.3 is 10.1 Å². The van der Waals surface area contributed by atoms with Gasteiger partial charge in [-0.3, -0.25) is 10.9 Å². The molecule has 0 aromatic heterocycles. The van der Waals surface area contributed by atoms with Gasteiger partial charge in [0.15, 0.2) is 0 Å². The van der Waals surface area contributed by atoms with E-state index in [9.17, 15) is 0 Å². The van der Waals surface area contributed by atoms with Crippen molar-refractivity contribution in [2.24, 2.45) is 5.92 Å². The van der Waals surface area contributed by atoms with Gasteiger partial charge in [0.05, 0.1) is 12.3 Å². The monoisotopic (exact) mass is 281 g/mol. The van der Waals surface area contributed by atoms with Crippen LogP contribution in [0.5, 0.6) is 5.75 Å². The Labute approximate surface area is 118 Å². The van der Waals surface area contributed by atoms with E-state index < -0.39 is 0 Å². The highest BCUT2D eigenvalue weighted by molar-refractivity contribution is 6.31. The number of anilines is 1. The Balaban J connectivity index is 1.74. The van der Waals surface area contributed by atoms with Crippen LogP contribution >= 0.6 is 11.6 Å². The van der Waals surface area contributed by atoms with Crippen LogP contribution in [0.15, 0.2) is 12.1 Å². The SMILES string of the molecule is CC1NNC(C)C1CNc1cc(Cl)cc2c1OCC2. The lowest BCUT2D eigenvalue weighted by molar-refractivity contribution is 0.357. The van der Waals surface area contributed by atoms with Crippen molar-refractivity contribution in [2.75, 3.05) is 18.5 Å². The van der Waals surface area contributed by atoms with Crippen molar-refractivity contribution < 1.29 is 4.74 Å². The lowest BCUT2D eigenvalue weighted by Crippen LogP contribution is -2.30. The maximum Gasteiger partial charge on any atom is 0.145 e. The fourth-order valence-electron chi connectivity index (χ4n) is 2.89. The van der Waals surface area contributed by atoms with Gasteiger partial charge in [0.25, 0.3) is 0 Å². The first-order valence-corrected chi connectivity index (χ1v) is 7.23. The third-order valence-electron chi connectivity index (χ3n) is 4.10. The molecule has 5 heteroatoms. The molecule has 0 saturated carbocycles. The van der Waals surface area contributed by atoms with Gasteiger partial charge in [-0.2, -0.15) is 0 Å². The third kappa shape index (κ3) is 2.53. The summed E-state index contributed by atoms with van der Waals surface area (Å²) in [5.41, 5.74) is 8.77. The molecule has 1 aromatic rings. The van der Waals surface area contributed by atoms with Crippen LogP contribution in [0.3, 0.4) is 0 Å². The van der Waals surface area contributed by atoms with Gasteiger partial charge in [-0.1, -0.05) is 11.6 Å². The number of rotatable bonds is 3. The molecule has 104 valence electrons. The summed E-state index contributed by atoms with van der Waals surface area (Å²) >= 11 is 6.16. The first kappa shape index (κ1) is 13.0. The molecular weight excluding hydrogens is 262 g/mol. The van der Waals surface area contributed by atoms with Crippen LogP contribution in [-0.2, 0) is 6.42 Å². The van der Waals surface area contributed by atoms with Crippen LogP contribution in [-0.4, -0.2) is 25.2 Å². The van der Waals surface area contributed by atoms with E-state index in [0.717, 1.165) is 36.0 Å². The van der Waals surface area contributed by atoms with Crippen molar-refractivity contribution in [2.45, 2.75) is 32.4 Å². The minimum Gasteiger partial charge on any atom is -0.491 e. The summed E-state index contributed by atoms with van der Waals surface area (Å²) in [5.74, 6) is 1.51. The first-order valence-electron chi connectivity index (χ1n) is 6.85. The molecule has 1 aromatic carbocycles. The molecule has 3 rings (SSSR count). The molecule has 3 N–H and O–H groups in total. The summed E-state index contributed by atoms with van der Waals surface area (Å²) in [5, 5.41) is 4.27. The summed E-state index contributed by atoms with van der Waals surface area (Å²) in [6.45, 7) is 6.05. The smallest absolute Gasteiger partial charge is 0.145 e. The molecule has 19 heavy (non-hydrogen) atoms. The number of ether oxygens (including phenoxy) is 1. The van der Waals surface area contributed by atoms with Gasteiger partial charge >= 0.3 is 0 Å². The molecular formula is C14H20ClN3O. The highest BCUT2D eigenvalue weighted by Crippen LogP contribution is 2.36. The number of halogens is 1. The van der Waals surface area contributed by atoms with Gasteiger partial charge in [-0.25, -0.2) is 0 Å². The Hall–Kier alpha value is -0.970. The molecule has 4 nitrogen and oxygen atoms in total. The van der Waals surface area contributed by atoms with Crippen LogP contribution in [0.4, 0.5) is 5.69 Å². The third-order valence-corrected chi connectivity index (χ3v) is 4.32. The number of benzene rings is 1. The second-order valence-corrected chi connectivity index (χ2v) is 5.89. The van der Waals surface area contributed by atoms with E-state index >= 15 is 0 Å². The van der Waals surface area contributed by atoms with E-state index in [4.69, 9.17) is 16.3 Å². The van der Waals surface area contributed by atoms with E-state index in [1.54, 1.807) is 0 Å². The average molecular weight is 282 g/mol. The molecule has 0 amide bonds. The Bertz CT molecular complexity index is 470. The maximum atomic E-state index is 6.16. The fraction of sp³-hybridized carbons (Fsp3) is 0.571. The summed E-state index contributed by atoms with van der Waals surface area (Å²) in [6, 6.07) is 4.86. The molecule has 0 radical (unpaired) electrons. The van der Waals surface area contributed by atoms with Gasteiger partial charge in [0.1, 0.15) is 5.75 Å². The minimum absolute atomic E-state index is 0.454. The molecule has 2 atom stereocenters. The van der Waals surface area contributed by atoms with Crippen molar-refractivity contribution in [1.29, 1.82) is 0 Å². The molecule has 0 bridgehead atoms. The quantitative estimate of drug-likeness (QED) is 0.795. The zero-order valence-electron chi connectivity index (χ0n) is 11.3. The lowest BCUT2D eigenvalue weighted by Gasteiger charge is -2.20. The van der Waals surface area contributed by atoms with E-state index in [2.05, 4.69) is 30.0 Å². The number of hydrogen-bond donors (Lipinski definition) is 3. The summed E-state index contributed by atoms with van der Waals surface area (Å²) < 4.78 is 5.70. The van der Waals surface area contributed by atoms with Crippen molar-refractivity contribution >= 4 is 17.3 Å². The van der Waals surface area contributed by atoms with Crippen LogP contribution in [0.2, 0.25) is 5.02 Å². The second kappa shape index (κ2) is 5.19. The predicted octanol–water partition coefficient (Wildman–Crippen LogP) is 2.19. The molecule has 2 heterocycles. The number of hydrogen-bond acceptors (Lipinski definition) is 4. The van der Waals surface area contributed by atoms with Gasteiger partial charge in [-0.15, -0.1) is 0 Å².